The predicted molar refractivity (Wildman–Crippen MR) is 221 cm³/mol. The van der Waals surface area contributed by atoms with Crippen molar-refractivity contribution < 1.29 is 19.2 Å². The van der Waals surface area contributed by atoms with Crippen LogP contribution in [0.25, 0.3) is 0 Å². The van der Waals surface area contributed by atoms with Crippen LogP contribution < -0.4 is 10.6 Å². The molecule has 2 heterocycles. The molecule has 2 aliphatic rings. The van der Waals surface area contributed by atoms with Gasteiger partial charge in [-0.05, 0) is 113 Å². The van der Waals surface area contributed by atoms with Crippen LogP contribution in [0.1, 0.15) is 73.9 Å². The largest absolute Gasteiger partial charge is 0.329 e. The van der Waals surface area contributed by atoms with Crippen molar-refractivity contribution in [2.45, 2.75) is 63.7 Å². The van der Waals surface area contributed by atoms with Crippen molar-refractivity contribution >= 4 is 35.0 Å². The minimum Gasteiger partial charge on any atom is -0.329 e. The van der Waals surface area contributed by atoms with Crippen molar-refractivity contribution in [1.82, 2.24) is 19.6 Å². The van der Waals surface area contributed by atoms with E-state index in [-0.39, 0.29) is 23.6 Å². The molecule has 6 rings (SSSR count). The second-order valence-corrected chi connectivity index (χ2v) is 14.5. The van der Waals surface area contributed by atoms with E-state index in [1.807, 2.05) is 147 Å². The van der Waals surface area contributed by atoms with Crippen molar-refractivity contribution in [3.63, 3.8) is 0 Å². The number of nitrogens with one attached hydrogen (secondary N) is 2. The number of carbonyl (C=O) groups is 4. The van der Waals surface area contributed by atoms with E-state index in [1.54, 1.807) is 9.80 Å². The van der Waals surface area contributed by atoms with E-state index in [4.69, 9.17) is 0 Å². The number of benzene rings is 4. The molecule has 2 unspecified atom stereocenters. The summed E-state index contributed by atoms with van der Waals surface area (Å²) in [6.07, 6.45) is 2.78. The first kappa shape index (κ1) is 39.9. The summed E-state index contributed by atoms with van der Waals surface area (Å²) in [5, 5.41) is 6.02. The summed E-state index contributed by atoms with van der Waals surface area (Å²) in [6, 6.07) is 32.2. The lowest BCUT2D eigenvalue weighted by Gasteiger charge is -2.33. The number of rotatable bonds is 12. The molecular weight excluding hydrogens is 701 g/mol. The van der Waals surface area contributed by atoms with Gasteiger partial charge in [-0.1, -0.05) is 86.4 Å². The Balaban J connectivity index is 1.04. The van der Waals surface area contributed by atoms with Gasteiger partial charge in [0.15, 0.2) is 0 Å². The summed E-state index contributed by atoms with van der Waals surface area (Å²) in [5.74, 6) is 5.84. The molecule has 4 amide bonds. The number of likely N-dealkylation sites (N-methyl/N-ethyl adjacent to an activating group) is 2. The lowest BCUT2D eigenvalue weighted by Crippen LogP contribution is -2.48. The molecule has 56 heavy (non-hydrogen) atoms. The molecular formula is C46H52N6O4. The van der Waals surface area contributed by atoms with Gasteiger partial charge in [0, 0.05) is 35.6 Å². The fourth-order valence-corrected chi connectivity index (χ4v) is 7.60. The summed E-state index contributed by atoms with van der Waals surface area (Å²) in [5.41, 5.74) is 4.67. The highest BCUT2D eigenvalue weighted by molar-refractivity contribution is 5.99. The minimum absolute atomic E-state index is 0.0561. The SMILES string of the molecule is CCN(C)C(C(=O)N1CCC[C@H]1C(=O)Nc1ccc(C#Cc2ccc(NC(=O)[C@@H]3CCCN3C(=O)C(c3ccccc3)N(C)CC)cc2)cc1)c1ccccc1. The summed E-state index contributed by atoms with van der Waals surface area (Å²) in [4.78, 5) is 62.1. The molecule has 4 aromatic rings. The Labute approximate surface area is 330 Å². The minimum atomic E-state index is -0.536. The molecule has 0 spiro atoms. The fraction of sp³-hybridized carbons (Fsp3) is 0.348. The van der Waals surface area contributed by atoms with Crippen LogP contribution in [0.2, 0.25) is 0 Å². The van der Waals surface area contributed by atoms with Crippen LogP contribution in [0.3, 0.4) is 0 Å². The number of likely N-dealkylation sites (tertiary alicyclic amines) is 2. The summed E-state index contributed by atoms with van der Waals surface area (Å²) in [6.45, 7) is 6.54. The van der Waals surface area contributed by atoms with Gasteiger partial charge in [0.1, 0.15) is 24.2 Å². The number of carbonyl (C=O) groups excluding carboxylic acids is 4. The van der Waals surface area contributed by atoms with Gasteiger partial charge in [0.25, 0.3) is 0 Å². The number of anilines is 2. The highest BCUT2D eigenvalue weighted by Crippen LogP contribution is 2.29. The van der Waals surface area contributed by atoms with Crippen LogP contribution in [0.4, 0.5) is 11.4 Å². The van der Waals surface area contributed by atoms with Gasteiger partial charge in [-0.15, -0.1) is 0 Å². The quantitative estimate of drug-likeness (QED) is 0.164. The topological polar surface area (TPSA) is 105 Å². The normalized spacial score (nSPS) is 17.6. The summed E-state index contributed by atoms with van der Waals surface area (Å²) >= 11 is 0. The second kappa shape index (κ2) is 18.7. The van der Waals surface area contributed by atoms with E-state index in [9.17, 15) is 19.2 Å². The Kier molecular flexibility index (Phi) is 13.3. The molecule has 290 valence electrons. The van der Waals surface area contributed by atoms with Crippen LogP contribution in [-0.4, -0.2) is 95.6 Å². The highest BCUT2D eigenvalue weighted by Gasteiger charge is 2.40. The molecule has 4 aromatic carbocycles. The summed E-state index contributed by atoms with van der Waals surface area (Å²) < 4.78 is 0. The first-order valence-electron chi connectivity index (χ1n) is 19.6. The lowest BCUT2D eigenvalue weighted by atomic mass is 10.0. The van der Waals surface area contributed by atoms with Crippen molar-refractivity contribution in [3.05, 3.63) is 131 Å². The maximum atomic E-state index is 13.8. The number of nitrogens with zero attached hydrogens (tertiary/aromatic N) is 4. The summed E-state index contributed by atoms with van der Waals surface area (Å²) in [7, 11) is 3.87. The third-order valence-corrected chi connectivity index (χ3v) is 10.9. The van der Waals surface area contributed by atoms with Crippen LogP contribution in [0.15, 0.2) is 109 Å². The van der Waals surface area contributed by atoms with Crippen molar-refractivity contribution in [2.24, 2.45) is 0 Å². The Bertz CT molecular complexity index is 1880. The van der Waals surface area contributed by atoms with Gasteiger partial charge in [-0.2, -0.15) is 0 Å². The zero-order chi connectivity index (χ0) is 39.6. The van der Waals surface area contributed by atoms with E-state index >= 15 is 0 Å². The van der Waals surface area contributed by atoms with Crippen molar-refractivity contribution in [1.29, 1.82) is 0 Å². The smallest absolute Gasteiger partial charge is 0.247 e. The third kappa shape index (κ3) is 9.36. The molecule has 2 saturated heterocycles. The molecule has 2 aliphatic heterocycles. The molecule has 2 N–H and O–H groups in total. The van der Waals surface area contributed by atoms with E-state index in [0.717, 1.165) is 35.1 Å². The standard InChI is InChI=1S/C46H52N6O4/c1-5-49(3)41(35-15-9-7-10-16-35)45(55)51-31-13-19-39(51)43(53)47-37-27-23-33(24-28-37)21-22-34-25-29-38(30-26-34)48-44(54)40-20-14-32-52(40)46(56)42(50(4)6-2)36-17-11-8-12-18-36/h7-12,15-18,23-30,39-42H,5-6,13-14,19-20,31-32H2,1-4H3,(H,47,53)(H,48,54)/t39-,40-,41?,42?/m0/s1. The van der Waals surface area contributed by atoms with Crippen molar-refractivity contribution in [2.75, 3.05) is 50.9 Å². The molecule has 2 fully saturated rings. The zero-order valence-electron chi connectivity index (χ0n) is 32.8. The van der Waals surface area contributed by atoms with Crippen LogP contribution in [0, 0.1) is 11.8 Å². The van der Waals surface area contributed by atoms with E-state index < -0.39 is 24.2 Å². The van der Waals surface area contributed by atoms with Gasteiger partial charge >= 0.3 is 0 Å². The molecule has 0 bridgehead atoms. The second-order valence-electron chi connectivity index (χ2n) is 14.5. The maximum absolute atomic E-state index is 13.8. The van der Waals surface area contributed by atoms with Gasteiger partial charge in [0.2, 0.25) is 23.6 Å². The van der Waals surface area contributed by atoms with E-state index in [1.165, 1.54) is 0 Å². The maximum Gasteiger partial charge on any atom is 0.247 e. The average molecular weight is 753 g/mol. The number of amides is 4. The van der Waals surface area contributed by atoms with Gasteiger partial charge in [0.05, 0.1) is 0 Å². The average Bonchev–Trinajstić information content (AvgIpc) is 3.93. The molecule has 10 heteroatoms. The first-order valence-corrected chi connectivity index (χ1v) is 19.6. The van der Waals surface area contributed by atoms with E-state index in [2.05, 4.69) is 22.5 Å². The Morgan fingerprint density at radius 3 is 1.29 bits per heavy atom. The Morgan fingerprint density at radius 2 is 0.946 bits per heavy atom. The fourth-order valence-electron chi connectivity index (χ4n) is 7.60. The van der Waals surface area contributed by atoms with Crippen molar-refractivity contribution in [3.8, 4) is 11.8 Å². The van der Waals surface area contributed by atoms with E-state index in [0.29, 0.717) is 50.4 Å². The zero-order valence-corrected chi connectivity index (χ0v) is 32.8. The van der Waals surface area contributed by atoms with Crippen LogP contribution in [0.5, 0.6) is 0 Å². The monoisotopic (exact) mass is 752 g/mol. The first-order chi connectivity index (χ1) is 27.2. The lowest BCUT2D eigenvalue weighted by molar-refractivity contribution is -0.141. The number of hydrogen-bond acceptors (Lipinski definition) is 6. The van der Waals surface area contributed by atoms with Gasteiger partial charge in [-0.3, -0.25) is 29.0 Å². The number of hydrogen-bond donors (Lipinski definition) is 2. The van der Waals surface area contributed by atoms with Gasteiger partial charge < -0.3 is 20.4 Å². The van der Waals surface area contributed by atoms with Crippen LogP contribution in [-0.2, 0) is 19.2 Å². The third-order valence-electron chi connectivity index (χ3n) is 10.9. The molecule has 0 radical (unpaired) electrons. The van der Waals surface area contributed by atoms with Crippen LogP contribution >= 0.6 is 0 Å². The molecule has 0 saturated carbocycles. The molecule has 4 atom stereocenters. The van der Waals surface area contributed by atoms with Gasteiger partial charge in [-0.25, -0.2) is 0 Å². The molecule has 0 aliphatic carbocycles. The Hall–Kier alpha value is -5.76. The molecule has 0 aromatic heterocycles. The Morgan fingerprint density at radius 1 is 0.589 bits per heavy atom. The molecule has 10 nitrogen and oxygen atoms in total. The highest BCUT2D eigenvalue weighted by atomic mass is 16.2. The predicted octanol–water partition coefficient (Wildman–Crippen LogP) is 6.33.